The molecule has 32 heteroatoms. The summed E-state index contributed by atoms with van der Waals surface area (Å²) < 4.78 is 72.1. The molecular weight excluding hydrogens is 1060 g/mol. The minimum Gasteiger partial charge on any atom is -0.790 e. The van der Waals surface area contributed by atoms with Gasteiger partial charge in [0.05, 0.1) is 39.6 Å². The van der Waals surface area contributed by atoms with Crippen molar-refractivity contribution in [3.63, 3.8) is 0 Å². The third kappa shape index (κ3) is 22.0. The van der Waals surface area contributed by atoms with Gasteiger partial charge in [-0.05, 0) is 19.8 Å². The molecule has 2 aromatic rings. The highest BCUT2D eigenvalue weighted by atomic mass is 32.2. The van der Waals surface area contributed by atoms with Crippen LogP contribution >= 0.6 is 35.2 Å². The van der Waals surface area contributed by atoms with Gasteiger partial charge in [0.1, 0.15) is 42.4 Å². The number of amides is 2. The number of fused-ring (bicyclic) bond motifs is 1. The first-order chi connectivity index (χ1) is 34.8. The fourth-order valence-corrected chi connectivity index (χ4v) is 11.2. The van der Waals surface area contributed by atoms with Crippen molar-refractivity contribution in [3.05, 3.63) is 12.7 Å². The molecule has 2 aliphatic heterocycles. The van der Waals surface area contributed by atoms with E-state index in [0.717, 1.165) is 80.4 Å². The number of imidazole rings is 1. The molecule has 2 aromatic heterocycles. The molecule has 0 aromatic carbocycles. The van der Waals surface area contributed by atoms with Gasteiger partial charge in [0.2, 0.25) is 11.8 Å². The highest BCUT2D eigenvalue weighted by molar-refractivity contribution is 8.13. The van der Waals surface area contributed by atoms with E-state index in [1.54, 1.807) is 6.92 Å². The smallest absolute Gasteiger partial charge is 0.274 e. The van der Waals surface area contributed by atoms with E-state index in [0.29, 0.717) is 18.8 Å². The van der Waals surface area contributed by atoms with Gasteiger partial charge >= 0.3 is 0 Å². The monoisotopic (exact) mass is 1130 g/mol. The Morgan fingerprint density at radius 2 is 1.49 bits per heavy atom. The first-order valence-corrected chi connectivity index (χ1v) is 29.8. The van der Waals surface area contributed by atoms with E-state index in [-0.39, 0.29) is 54.1 Å². The molecule has 2 unspecified atom stereocenters. The fraction of sp³-hybridized carbons (Fsp3) is 0.810. The Morgan fingerprint density at radius 3 is 2.14 bits per heavy atom. The maximum atomic E-state index is 12.7. The van der Waals surface area contributed by atoms with E-state index in [1.807, 2.05) is 0 Å². The Bertz CT molecular complexity index is 2230. The van der Waals surface area contributed by atoms with Crippen LogP contribution in [0.3, 0.4) is 0 Å². The first kappa shape index (κ1) is 63.9. The minimum absolute atomic E-state index is 0.0242. The molecule has 2 aliphatic rings. The Labute approximate surface area is 433 Å². The SMILES string of the molecule is C[C@@H]1O[C@@H](OCCCCCCCCCCCCCCC(=O)SCCNC(=O)CCNC(=O)[C@H](O)C(C)(C)COP(=O)([O-])OP(=O)([O-])OC[C@H]2O[C@@H](n3cnc4c(N)ncnc43)[C@H](O)[C@@H]2OP(=O)([O-])[O-])[C@H](O)C[C@H]1O. The highest BCUT2D eigenvalue weighted by Gasteiger charge is 2.47. The van der Waals surface area contributed by atoms with Crippen molar-refractivity contribution in [1.82, 2.24) is 30.2 Å². The van der Waals surface area contributed by atoms with Gasteiger partial charge in [0.15, 0.2) is 29.1 Å². The molecule has 2 fully saturated rings. The average molecular weight is 1130 g/mol. The van der Waals surface area contributed by atoms with Crippen LogP contribution in [0.1, 0.15) is 123 Å². The molecule has 4 heterocycles. The Balaban J connectivity index is 1.01. The number of phosphoric ester groups is 3. The van der Waals surface area contributed by atoms with E-state index in [1.165, 1.54) is 39.5 Å². The van der Waals surface area contributed by atoms with Gasteiger partial charge in [0, 0.05) is 50.1 Å². The standard InChI is InChI=1S/C42H74N7O21P3S/c1-27-28(50)22-29(51)41(67-27)64-20-15-13-11-9-7-5-4-6-8-10-12-14-16-32(53)74-21-19-44-31(52)17-18-45-39(56)36(55)42(2,3)24-66-73(62,63)70-72(60,61)65-23-30-35(69-71(57,58)59)34(54)40(68-30)49-26-48-33-37(43)46-25-47-38(33)49/h25-30,34-36,40-41,50-51,54-55H,4-24H2,1-3H3,(H,44,52)(H,45,56)(H,60,61)(H,62,63)(H2,43,46,47)(H2,57,58,59)/p-4/t27-,28+,29+,30+,34+,35+,36-,40+,41+/m0/s1. The summed E-state index contributed by atoms with van der Waals surface area (Å²) in [6.07, 6.45) is 3.46. The zero-order valence-electron chi connectivity index (χ0n) is 41.5. The molecule has 28 nitrogen and oxygen atoms in total. The number of rotatable bonds is 35. The zero-order chi connectivity index (χ0) is 54.7. The predicted octanol–water partition coefficient (Wildman–Crippen LogP) is 0.0813. The molecule has 0 radical (unpaired) electrons. The lowest BCUT2D eigenvalue weighted by Gasteiger charge is -2.36. The summed E-state index contributed by atoms with van der Waals surface area (Å²) in [5.41, 5.74) is 4.07. The molecule has 74 heavy (non-hydrogen) atoms. The van der Waals surface area contributed by atoms with Gasteiger partial charge in [-0.25, -0.2) is 19.3 Å². The summed E-state index contributed by atoms with van der Waals surface area (Å²) in [7, 11) is -17.6. The second-order valence-electron chi connectivity index (χ2n) is 18.6. The van der Waals surface area contributed by atoms with E-state index >= 15 is 0 Å². The molecule has 0 saturated carbocycles. The lowest BCUT2D eigenvalue weighted by molar-refractivity contribution is -0.347. The number of phosphoric acid groups is 3. The van der Waals surface area contributed by atoms with Crippen molar-refractivity contribution in [3.8, 4) is 0 Å². The number of nitrogens with one attached hydrogen (secondary N) is 2. The van der Waals surface area contributed by atoms with Gasteiger partial charge in [0.25, 0.3) is 15.6 Å². The van der Waals surface area contributed by atoms with E-state index < -0.39 is 103 Å². The predicted molar refractivity (Wildman–Crippen MR) is 255 cm³/mol. The van der Waals surface area contributed by atoms with Crippen LogP contribution in [0.2, 0.25) is 0 Å². The van der Waals surface area contributed by atoms with Crippen LogP contribution in [0.15, 0.2) is 12.7 Å². The number of aromatic nitrogens is 4. The lowest BCUT2D eigenvalue weighted by Crippen LogP contribution is -2.47. The molecule has 0 bridgehead atoms. The molecule has 0 spiro atoms. The summed E-state index contributed by atoms with van der Waals surface area (Å²) in [4.78, 5) is 97.0. The van der Waals surface area contributed by atoms with E-state index in [2.05, 4.69) is 43.5 Å². The number of thioether (sulfide) groups is 1. The normalized spacial score (nSPS) is 24.6. The first-order valence-electron chi connectivity index (χ1n) is 24.4. The maximum absolute atomic E-state index is 12.7. The fourth-order valence-electron chi connectivity index (χ4n) is 7.78. The van der Waals surface area contributed by atoms with E-state index in [4.69, 9.17) is 19.9 Å². The van der Waals surface area contributed by atoms with Crippen molar-refractivity contribution in [2.45, 2.75) is 172 Å². The zero-order valence-corrected chi connectivity index (χ0v) is 45.0. The second-order valence-corrected chi connectivity index (χ2v) is 23.9. The maximum Gasteiger partial charge on any atom is 0.274 e. The molecular formula is C42H70N7O21P3S-4. The van der Waals surface area contributed by atoms with Crippen LogP contribution in [0.4, 0.5) is 5.82 Å². The van der Waals surface area contributed by atoms with Crippen molar-refractivity contribution < 1.29 is 100 Å². The summed E-state index contributed by atoms with van der Waals surface area (Å²) in [6, 6.07) is 0. The number of hydrogen-bond acceptors (Lipinski definition) is 26. The molecule has 0 aliphatic carbocycles. The Kier molecular flexibility index (Phi) is 26.4. The molecule has 2 amide bonds. The number of carbonyl (C=O) groups is 3. The summed E-state index contributed by atoms with van der Waals surface area (Å²) in [5.74, 6) is -1.19. The van der Waals surface area contributed by atoms with E-state index in [9.17, 15) is 68.1 Å². The number of carbonyl (C=O) groups excluding carboxylic acids is 3. The van der Waals surface area contributed by atoms with Crippen LogP contribution in [0.25, 0.3) is 11.2 Å². The van der Waals surface area contributed by atoms with Crippen molar-refractivity contribution >= 4 is 69.1 Å². The molecule has 424 valence electrons. The quantitative estimate of drug-likeness (QED) is 0.0355. The van der Waals surface area contributed by atoms with Crippen molar-refractivity contribution in [2.24, 2.45) is 5.41 Å². The highest BCUT2D eigenvalue weighted by Crippen LogP contribution is 2.56. The van der Waals surface area contributed by atoms with Crippen LogP contribution in [0.5, 0.6) is 0 Å². The number of unbranched alkanes of at least 4 members (excludes halogenated alkanes) is 11. The third-order valence-corrected chi connectivity index (χ3v) is 15.9. The number of nitrogens with zero attached hydrogens (tertiary/aromatic N) is 4. The number of aliphatic hydroxyl groups is 4. The van der Waals surface area contributed by atoms with Gasteiger partial charge < -0.3 is 88.7 Å². The topological polar surface area (TPSA) is 434 Å². The molecule has 2 saturated heterocycles. The third-order valence-electron chi connectivity index (χ3n) is 12.0. The van der Waals surface area contributed by atoms with Gasteiger partial charge in [-0.15, -0.1) is 0 Å². The largest absolute Gasteiger partial charge is 0.790 e. The summed E-state index contributed by atoms with van der Waals surface area (Å²) in [6.45, 7) is 2.39. The number of hydrogen-bond donors (Lipinski definition) is 7. The average Bonchev–Trinajstić information content (AvgIpc) is 3.88. The lowest BCUT2D eigenvalue weighted by atomic mass is 9.87. The number of nitrogens with two attached hydrogens (primary N) is 1. The van der Waals surface area contributed by atoms with Gasteiger partial charge in [-0.3, -0.25) is 28.1 Å². The van der Waals surface area contributed by atoms with Crippen LogP contribution < -0.4 is 35.9 Å². The van der Waals surface area contributed by atoms with Crippen LogP contribution in [-0.2, 0) is 60.2 Å². The summed E-state index contributed by atoms with van der Waals surface area (Å²) >= 11 is 1.12. The number of ether oxygens (including phenoxy) is 3. The number of anilines is 1. The summed E-state index contributed by atoms with van der Waals surface area (Å²) in [5, 5.41) is 46.2. The molecule has 4 rings (SSSR count). The Morgan fingerprint density at radius 1 is 0.865 bits per heavy atom. The van der Waals surface area contributed by atoms with Crippen LogP contribution in [0, 0.1) is 5.41 Å². The molecule has 11 atom stereocenters. The van der Waals surface area contributed by atoms with Gasteiger partial charge in [-0.1, -0.05) is 89.8 Å². The van der Waals surface area contributed by atoms with Gasteiger partial charge in [-0.2, -0.15) is 0 Å². The van der Waals surface area contributed by atoms with Crippen molar-refractivity contribution in [1.29, 1.82) is 0 Å². The van der Waals surface area contributed by atoms with Crippen LogP contribution in [-0.4, -0.2) is 145 Å². The number of nitrogen functional groups attached to an aromatic ring is 1. The molecule has 8 N–H and O–H groups in total. The second kappa shape index (κ2) is 30.5. The number of aliphatic hydroxyl groups excluding tert-OH is 4. The Hall–Kier alpha value is -2.60. The van der Waals surface area contributed by atoms with Crippen molar-refractivity contribution in [2.75, 3.05) is 44.4 Å². The minimum atomic E-state index is -5.93.